The number of hydrogen-bond donors (Lipinski definition) is 1. The van der Waals surface area contributed by atoms with E-state index in [-0.39, 0.29) is 11.8 Å². The Morgan fingerprint density at radius 2 is 1.80 bits per heavy atom. The first-order chi connectivity index (χ1) is 12.0. The van der Waals surface area contributed by atoms with Crippen molar-refractivity contribution in [2.45, 2.75) is 33.1 Å². The van der Waals surface area contributed by atoms with Crippen LogP contribution in [0.5, 0.6) is 11.5 Å². The van der Waals surface area contributed by atoms with Crippen molar-refractivity contribution in [1.29, 1.82) is 0 Å². The molecule has 2 unspecified atom stereocenters. The largest absolute Gasteiger partial charge is 0.494 e. The molecule has 1 aromatic carbocycles. The van der Waals surface area contributed by atoms with Crippen LogP contribution in [0.15, 0.2) is 24.3 Å². The Bertz CT molecular complexity index is 572. The first kappa shape index (κ1) is 19.1. The van der Waals surface area contributed by atoms with Crippen molar-refractivity contribution in [3.8, 4) is 11.5 Å². The van der Waals surface area contributed by atoms with E-state index in [0.29, 0.717) is 45.6 Å². The van der Waals surface area contributed by atoms with Crippen LogP contribution in [0.1, 0.15) is 33.1 Å². The molecule has 1 heterocycles. The third-order valence-corrected chi connectivity index (χ3v) is 4.30. The van der Waals surface area contributed by atoms with E-state index in [1.165, 1.54) is 0 Å². The van der Waals surface area contributed by atoms with Crippen LogP contribution in [0.25, 0.3) is 0 Å². The molecule has 1 aromatic rings. The van der Waals surface area contributed by atoms with Crippen molar-refractivity contribution in [3.05, 3.63) is 24.3 Å². The summed E-state index contributed by atoms with van der Waals surface area (Å²) in [6.45, 7) is 5.96. The van der Waals surface area contributed by atoms with Gasteiger partial charge < -0.3 is 19.5 Å². The van der Waals surface area contributed by atoms with Crippen LogP contribution in [-0.2, 0) is 9.59 Å². The zero-order chi connectivity index (χ0) is 18.2. The van der Waals surface area contributed by atoms with Gasteiger partial charge in [-0.25, -0.2) is 0 Å². The highest BCUT2D eigenvalue weighted by molar-refractivity contribution is 5.78. The summed E-state index contributed by atoms with van der Waals surface area (Å²) in [5, 5.41) is 9.18. The van der Waals surface area contributed by atoms with Crippen molar-refractivity contribution in [2.75, 3.05) is 26.3 Å². The second-order valence-electron chi connectivity index (χ2n) is 6.53. The molecule has 2 rings (SSSR count). The van der Waals surface area contributed by atoms with E-state index in [1.54, 1.807) is 4.90 Å². The molecule has 6 heteroatoms. The minimum atomic E-state index is -0.816. The summed E-state index contributed by atoms with van der Waals surface area (Å²) in [4.78, 5) is 25.2. The zero-order valence-corrected chi connectivity index (χ0v) is 14.9. The monoisotopic (exact) mass is 349 g/mol. The summed E-state index contributed by atoms with van der Waals surface area (Å²) in [5.74, 6) is 0.508. The first-order valence-corrected chi connectivity index (χ1v) is 8.85. The molecule has 25 heavy (non-hydrogen) atoms. The van der Waals surface area contributed by atoms with Gasteiger partial charge in [-0.3, -0.25) is 9.59 Å². The van der Waals surface area contributed by atoms with Crippen LogP contribution in [-0.4, -0.2) is 48.2 Å². The Kier molecular flexibility index (Phi) is 7.10. The van der Waals surface area contributed by atoms with Crippen LogP contribution in [0.2, 0.25) is 0 Å². The normalized spacial score (nSPS) is 20.2. The van der Waals surface area contributed by atoms with E-state index in [4.69, 9.17) is 9.47 Å². The van der Waals surface area contributed by atoms with E-state index in [0.717, 1.165) is 11.5 Å². The van der Waals surface area contributed by atoms with Crippen LogP contribution in [0.4, 0.5) is 0 Å². The summed E-state index contributed by atoms with van der Waals surface area (Å²) in [6.07, 6.45) is 1.62. The quantitative estimate of drug-likeness (QED) is 0.730. The number of aliphatic carboxylic acids is 1. The molecule has 138 valence electrons. The van der Waals surface area contributed by atoms with Gasteiger partial charge in [0.15, 0.2) is 0 Å². The second-order valence-corrected chi connectivity index (χ2v) is 6.53. The summed E-state index contributed by atoms with van der Waals surface area (Å²) in [5.41, 5.74) is 0. The maximum Gasteiger partial charge on any atom is 0.308 e. The molecule has 1 saturated heterocycles. The first-order valence-electron chi connectivity index (χ1n) is 8.85. The summed E-state index contributed by atoms with van der Waals surface area (Å²) < 4.78 is 11.0. The fourth-order valence-electron chi connectivity index (χ4n) is 3.10. The lowest BCUT2D eigenvalue weighted by molar-refractivity contribution is -0.147. The maximum absolute atomic E-state index is 12.3. The third-order valence-electron chi connectivity index (χ3n) is 4.30. The Morgan fingerprint density at radius 1 is 1.16 bits per heavy atom. The summed E-state index contributed by atoms with van der Waals surface area (Å²) in [7, 11) is 0. The van der Waals surface area contributed by atoms with Gasteiger partial charge in [0.1, 0.15) is 11.5 Å². The Hall–Kier alpha value is -2.24. The van der Waals surface area contributed by atoms with Crippen LogP contribution >= 0.6 is 0 Å². The summed E-state index contributed by atoms with van der Waals surface area (Å²) >= 11 is 0. The van der Waals surface area contributed by atoms with Crippen molar-refractivity contribution in [2.24, 2.45) is 11.8 Å². The van der Waals surface area contributed by atoms with Crippen LogP contribution in [0.3, 0.4) is 0 Å². The number of carboxylic acid groups (broad SMARTS) is 1. The molecule has 0 aromatic heterocycles. The average molecular weight is 349 g/mol. The van der Waals surface area contributed by atoms with Gasteiger partial charge in [0.2, 0.25) is 5.91 Å². The lowest BCUT2D eigenvalue weighted by Crippen LogP contribution is -2.45. The third kappa shape index (κ3) is 5.96. The molecule has 0 spiro atoms. The van der Waals surface area contributed by atoms with Gasteiger partial charge in [-0.15, -0.1) is 0 Å². The highest BCUT2D eigenvalue weighted by Crippen LogP contribution is 2.23. The van der Waals surface area contributed by atoms with E-state index < -0.39 is 11.9 Å². The number of carbonyl (C=O) groups is 2. The smallest absolute Gasteiger partial charge is 0.308 e. The Labute approximate surface area is 148 Å². The number of amides is 1. The summed E-state index contributed by atoms with van der Waals surface area (Å²) in [6, 6.07) is 7.39. The number of carboxylic acids is 1. The van der Waals surface area contributed by atoms with E-state index in [1.807, 2.05) is 38.1 Å². The van der Waals surface area contributed by atoms with Gasteiger partial charge >= 0.3 is 5.97 Å². The lowest BCUT2D eigenvalue weighted by atomic mass is 9.90. The number of carbonyl (C=O) groups excluding carboxylic acids is 1. The minimum Gasteiger partial charge on any atom is -0.494 e. The number of hydrogen-bond acceptors (Lipinski definition) is 4. The molecular weight excluding hydrogens is 322 g/mol. The lowest BCUT2D eigenvalue weighted by Gasteiger charge is -2.34. The fourth-order valence-corrected chi connectivity index (χ4v) is 3.10. The van der Waals surface area contributed by atoms with Gasteiger partial charge in [0.25, 0.3) is 0 Å². The van der Waals surface area contributed by atoms with Gasteiger partial charge in [-0.2, -0.15) is 0 Å². The van der Waals surface area contributed by atoms with Gasteiger partial charge in [0.05, 0.1) is 19.1 Å². The maximum atomic E-state index is 12.3. The molecule has 1 aliphatic heterocycles. The number of piperidine rings is 1. The molecule has 1 N–H and O–H groups in total. The van der Waals surface area contributed by atoms with Crippen molar-refractivity contribution in [1.82, 2.24) is 4.90 Å². The van der Waals surface area contributed by atoms with Crippen LogP contribution < -0.4 is 9.47 Å². The average Bonchev–Trinajstić information content (AvgIpc) is 2.59. The predicted molar refractivity (Wildman–Crippen MR) is 93.8 cm³/mol. The van der Waals surface area contributed by atoms with Crippen molar-refractivity contribution in [3.63, 3.8) is 0 Å². The second kappa shape index (κ2) is 9.30. The molecule has 1 amide bonds. The number of nitrogens with zero attached hydrogens (tertiary/aromatic N) is 1. The Balaban J connectivity index is 1.72. The van der Waals surface area contributed by atoms with E-state index in [2.05, 4.69) is 0 Å². The fraction of sp³-hybridized carbons (Fsp3) is 0.579. The topological polar surface area (TPSA) is 76.1 Å². The van der Waals surface area contributed by atoms with Gasteiger partial charge in [-0.1, -0.05) is 6.92 Å². The standard InChI is InChI=1S/C19H27NO5/c1-3-24-16-6-8-17(9-7-16)25-10-4-5-18(21)20-12-14(2)11-15(13-20)19(22)23/h6-9,14-15H,3-5,10-13H2,1-2H3,(H,22,23). The molecule has 0 radical (unpaired) electrons. The molecule has 1 fully saturated rings. The van der Waals surface area contributed by atoms with Crippen LogP contribution in [0, 0.1) is 11.8 Å². The molecule has 1 aliphatic rings. The minimum absolute atomic E-state index is 0.00749. The van der Waals surface area contributed by atoms with Crippen molar-refractivity contribution < 1.29 is 24.2 Å². The highest BCUT2D eigenvalue weighted by atomic mass is 16.5. The number of likely N-dealkylation sites (tertiary alicyclic amines) is 1. The van der Waals surface area contributed by atoms with Gasteiger partial charge in [-0.05, 0) is 49.9 Å². The molecule has 0 aliphatic carbocycles. The van der Waals surface area contributed by atoms with Gasteiger partial charge in [0, 0.05) is 19.5 Å². The molecule has 0 bridgehead atoms. The Morgan fingerprint density at radius 3 is 2.40 bits per heavy atom. The molecule has 2 atom stereocenters. The molecule has 0 saturated carbocycles. The SMILES string of the molecule is CCOc1ccc(OCCCC(=O)N2CC(C)CC(C(=O)O)C2)cc1. The highest BCUT2D eigenvalue weighted by Gasteiger charge is 2.31. The molecule has 6 nitrogen and oxygen atoms in total. The number of ether oxygens (including phenoxy) is 2. The van der Waals surface area contributed by atoms with E-state index in [9.17, 15) is 14.7 Å². The number of benzene rings is 1. The number of rotatable bonds is 8. The zero-order valence-electron chi connectivity index (χ0n) is 14.9. The molecular formula is C19H27NO5. The predicted octanol–water partition coefficient (Wildman–Crippen LogP) is 2.81. The van der Waals surface area contributed by atoms with Crippen molar-refractivity contribution >= 4 is 11.9 Å². The van der Waals surface area contributed by atoms with E-state index >= 15 is 0 Å².